The van der Waals surface area contributed by atoms with Crippen molar-refractivity contribution in [3.8, 4) is 0 Å². The number of nitrogens with two attached hydrogens (primary N) is 1. The number of ether oxygens (including phenoxy) is 1. The first-order chi connectivity index (χ1) is 6.88. The summed E-state index contributed by atoms with van der Waals surface area (Å²) in [7, 11) is 0. The molecule has 4 nitrogen and oxygen atoms in total. The van der Waals surface area contributed by atoms with E-state index in [2.05, 4.69) is 10.4 Å². The predicted molar refractivity (Wildman–Crippen MR) is 54.5 cm³/mol. The van der Waals surface area contributed by atoms with Gasteiger partial charge < -0.3 is 10.2 Å². The van der Waals surface area contributed by atoms with Crippen molar-refractivity contribution in [2.45, 2.75) is 32.0 Å². The highest BCUT2D eigenvalue weighted by molar-refractivity contribution is 5.35. The first-order valence-electron chi connectivity index (χ1n) is 4.91. The van der Waals surface area contributed by atoms with Gasteiger partial charge in [-0.15, -0.1) is 0 Å². The van der Waals surface area contributed by atoms with E-state index in [1.807, 2.05) is 12.1 Å². The summed E-state index contributed by atoms with van der Waals surface area (Å²) in [5, 5.41) is 0. The van der Waals surface area contributed by atoms with Crippen LogP contribution in [-0.2, 0) is 11.3 Å². The van der Waals surface area contributed by atoms with Crippen molar-refractivity contribution in [1.82, 2.24) is 4.98 Å². The first kappa shape index (κ1) is 9.43. The second-order valence-electron chi connectivity index (χ2n) is 3.56. The standard InChI is InChI=1S/C10H15N3O/c11-13-10-6-8(4-5-12-10)7-14-9-2-1-3-9/h4-6,9H,1-3,7,11H2,(H,12,13). The molecule has 0 radical (unpaired) electrons. The van der Waals surface area contributed by atoms with Gasteiger partial charge in [0.25, 0.3) is 0 Å². The van der Waals surface area contributed by atoms with Gasteiger partial charge in [0.2, 0.25) is 0 Å². The van der Waals surface area contributed by atoms with Gasteiger partial charge in [-0.3, -0.25) is 0 Å². The largest absolute Gasteiger partial charge is 0.374 e. The van der Waals surface area contributed by atoms with Crippen LogP contribution in [0.5, 0.6) is 0 Å². The van der Waals surface area contributed by atoms with E-state index in [9.17, 15) is 0 Å². The average Bonchev–Trinajstić information content (AvgIpc) is 2.16. The number of hydrogen-bond acceptors (Lipinski definition) is 4. The second kappa shape index (κ2) is 4.39. The number of anilines is 1. The van der Waals surface area contributed by atoms with Gasteiger partial charge >= 0.3 is 0 Å². The minimum Gasteiger partial charge on any atom is -0.374 e. The smallest absolute Gasteiger partial charge is 0.140 e. The van der Waals surface area contributed by atoms with Crippen LogP contribution in [0.1, 0.15) is 24.8 Å². The Hall–Kier alpha value is -1.13. The van der Waals surface area contributed by atoms with E-state index in [0.717, 1.165) is 5.56 Å². The van der Waals surface area contributed by atoms with E-state index >= 15 is 0 Å². The van der Waals surface area contributed by atoms with E-state index in [1.54, 1.807) is 6.20 Å². The normalized spacial score (nSPS) is 16.4. The van der Waals surface area contributed by atoms with Crippen LogP contribution >= 0.6 is 0 Å². The molecule has 1 aliphatic carbocycles. The van der Waals surface area contributed by atoms with Crippen molar-refractivity contribution in [2.75, 3.05) is 5.43 Å². The number of nitrogen functional groups attached to an aromatic ring is 1. The lowest BCUT2D eigenvalue weighted by Gasteiger charge is -2.25. The van der Waals surface area contributed by atoms with Gasteiger partial charge in [0.05, 0.1) is 12.7 Å². The molecule has 1 fully saturated rings. The summed E-state index contributed by atoms with van der Waals surface area (Å²) >= 11 is 0. The van der Waals surface area contributed by atoms with Gasteiger partial charge in [0, 0.05) is 6.20 Å². The molecule has 2 rings (SSSR count). The fraction of sp³-hybridized carbons (Fsp3) is 0.500. The zero-order chi connectivity index (χ0) is 9.80. The second-order valence-corrected chi connectivity index (χ2v) is 3.56. The maximum atomic E-state index is 5.67. The number of rotatable bonds is 4. The molecule has 0 amide bonds. The van der Waals surface area contributed by atoms with Crippen LogP contribution < -0.4 is 11.3 Å². The van der Waals surface area contributed by atoms with Crippen LogP contribution in [0.15, 0.2) is 18.3 Å². The fourth-order valence-electron chi connectivity index (χ4n) is 1.39. The van der Waals surface area contributed by atoms with Crippen molar-refractivity contribution >= 4 is 5.82 Å². The van der Waals surface area contributed by atoms with Crippen LogP contribution in [0.4, 0.5) is 5.82 Å². The summed E-state index contributed by atoms with van der Waals surface area (Å²) in [6.45, 7) is 0.655. The average molecular weight is 193 g/mol. The SMILES string of the molecule is NNc1cc(COC2CCC2)ccn1. The molecular formula is C10H15N3O. The van der Waals surface area contributed by atoms with Crippen LogP contribution in [0.25, 0.3) is 0 Å². The molecular weight excluding hydrogens is 178 g/mol. The summed E-state index contributed by atoms with van der Waals surface area (Å²) in [6, 6.07) is 3.85. The Balaban J connectivity index is 1.87. The van der Waals surface area contributed by atoms with E-state index in [-0.39, 0.29) is 0 Å². The maximum Gasteiger partial charge on any atom is 0.140 e. The number of nitrogens with zero attached hydrogens (tertiary/aromatic N) is 1. The quantitative estimate of drug-likeness (QED) is 0.561. The Labute approximate surface area is 83.4 Å². The molecule has 14 heavy (non-hydrogen) atoms. The van der Waals surface area contributed by atoms with Crippen LogP contribution in [0.2, 0.25) is 0 Å². The summed E-state index contributed by atoms with van der Waals surface area (Å²) in [4.78, 5) is 4.03. The zero-order valence-electron chi connectivity index (χ0n) is 8.07. The Morgan fingerprint density at radius 3 is 3.07 bits per heavy atom. The molecule has 0 aliphatic heterocycles. The van der Waals surface area contributed by atoms with Crippen molar-refractivity contribution in [3.63, 3.8) is 0 Å². The van der Waals surface area contributed by atoms with Gasteiger partial charge in [-0.05, 0) is 37.0 Å². The van der Waals surface area contributed by atoms with E-state index in [0.29, 0.717) is 18.5 Å². The summed E-state index contributed by atoms with van der Waals surface area (Å²) in [5.41, 5.74) is 3.63. The third kappa shape index (κ3) is 2.21. The van der Waals surface area contributed by atoms with Crippen molar-refractivity contribution in [1.29, 1.82) is 0 Å². The molecule has 0 bridgehead atoms. The minimum absolute atomic E-state index is 0.470. The van der Waals surface area contributed by atoms with E-state index < -0.39 is 0 Å². The molecule has 1 saturated carbocycles. The number of pyridine rings is 1. The molecule has 0 unspecified atom stereocenters. The molecule has 1 aromatic rings. The molecule has 0 aromatic carbocycles. The first-order valence-corrected chi connectivity index (χ1v) is 4.91. The van der Waals surface area contributed by atoms with Gasteiger partial charge in [-0.1, -0.05) is 0 Å². The summed E-state index contributed by atoms with van der Waals surface area (Å²) in [5.74, 6) is 5.94. The number of nitrogens with one attached hydrogen (secondary N) is 1. The highest BCUT2D eigenvalue weighted by Gasteiger charge is 2.17. The Morgan fingerprint density at radius 1 is 1.57 bits per heavy atom. The molecule has 0 saturated heterocycles. The van der Waals surface area contributed by atoms with Gasteiger partial charge in [-0.2, -0.15) is 0 Å². The highest BCUT2D eigenvalue weighted by atomic mass is 16.5. The lowest BCUT2D eigenvalue weighted by Crippen LogP contribution is -2.21. The summed E-state index contributed by atoms with van der Waals surface area (Å²) < 4.78 is 5.67. The van der Waals surface area contributed by atoms with Crippen LogP contribution in [-0.4, -0.2) is 11.1 Å². The molecule has 0 spiro atoms. The highest BCUT2D eigenvalue weighted by Crippen LogP contribution is 2.23. The molecule has 0 atom stereocenters. The van der Waals surface area contributed by atoms with Gasteiger partial charge in [0.15, 0.2) is 0 Å². The van der Waals surface area contributed by atoms with E-state index in [1.165, 1.54) is 19.3 Å². The predicted octanol–water partition coefficient (Wildman–Crippen LogP) is 1.44. The Bertz CT molecular complexity index is 299. The Kier molecular flexibility index (Phi) is 2.96. The van der Waals surface area contributed by atoms with Crippen molar-refractivity contribution in [3.05, 3.63) is 23.9 Å². The monoisotopic (exact) mass is 193 g/mol. The molecule has 76 valence electrons. The maximum absolute atomic E-state index is 5.67. The van der Waals surface area contributed by atoms with Crippen LogP contribution in [0, 0.1) is 0 Å². The topological polar surface area (TPSA) is 60.2 Å². The molecule has 1 heterocycles. The molecule has 1 aliphatic rings. The fourth-order valence-corrected chi connectivity index (χ4v) is 1.39. The number of hydrazine groups is 1. The zero-order valence-corrected chi connectivity index (χ0v) is 8.07. The van der Waals surface area contributed by atoms with Gasteiger partial charge in [0.1, 0.15) is 5.82 Å². The number of aromatic nitrogens is 1. The van der Waals surface area contributed by atoms with E-state index in [4.69, 9.17) is 10.6 Å². The number of hydrogen-bond donors (Lipinski definition) is 2. The third-order valence-electron chi connectivity index (χ3n) is 2.51. The lowest BCUT2D eigenvalue weighted by molar-refractivity contribution is -0.00866. The van der Waals surface area contributed by atoms with Crippen molar-refractivity contribution < 1.29 is 4.74 Å². The van der Waals surface area contributed by atoms with Gasteiger partial charge in [-0.25, -0.2) is 10.8 Å². The lowest BCUT2D eigenvalue weighted by atomic mass is 9.96. The van der Waals surface area contributed by atoms with Crippen molar-refractivity contribution in [2.24, 2.45) is 5.84 Å². The minimum atomic E-state index is 0.470. The third-order valence-corrected chi connectivity index (χ3v) is 2.51. The molecule has 4 heteroatoms. The molecule has 3 N–H and O–H groups in total. The molecule has 1 aromatic heterocycles. The van der Waals surface area contributed by atoms with Crippen LogP contribution in [0.3, 0.4) is 0 Å². The summed E-state index contributed by atoms with van der Waals surface area (Å²) in [6.07, 6.45) is 5.91. The Morgan fingerprint density at radius 2 is 2.43 bits per heavy atom.